The van der Waals surface area contributed by atoms with Crippen LogP contribution in [-0.2, 0) is 4.57 Å². The van der Waals surface area contributed by atoms with Crippen LogP contribution < -0.4 is 25.6 Å². The first-order valence-electron chi connectivity index (χ1n) is 16.4. The minimum Gasteiger partial charge on any atom is -0.494 e. The second-order valence-corrected chi connectivity index (χ2v) is 17.4. The summed E-state index contributed by atoms with van der Waals surface area (Å²) in [5, 5.41) is 7.39. The lowest BCUT2D eigenvalue weighted by molar-refractivity contribution is 0.150. The second kappa shape index (κ2) is 13.0. The maximum atomic E-state index is 13.4. The first-order valence-corrected chi connectivity index (χ1v) is 19.8. The van der Waals surface area contributed by atoms with E-state index in [0.29, 0.717) is 44.3 Å². The molecule has 3 aliphatic heterocycles. The van der Waals surface area contributed by atoms with Crippen LogP contribution in [0.2, 0.25) is 0 Å². The summed E-state index contributed by atoms with van der Waals surface area (Å²) in [4.78, 5) is 26.1. The number of halogens is 1. The van der Waals surface area contributed by atoms with Crippen LogP contribution in [0.4, 0.5) is 28.8 Å². The normalized spacial score (nSPS) is 20.9. The molecule has 13 heteroatoms. The van der Waals surface area contributed by atoms with Crippen LogP contribution in [0, 0.1) is 6.92 Å². The fourth-order valence-electron chi connectivity index (χ4n) is 7.84. The Morgan fingerprint density at radius 2 is 1.70 bits per heavy atom. The summed E-state index contributed by atoms with van der Waals surface area (Å²) in [5.74, 6) is 1.67. The first-order chi connectivity index (χ1) is 22.6. The van der Waals surface area contributed by atoms with E-state index in [4.69, 9.17) is 9.72 Å². The van der Waals surface area contributed by atoms with Gasteiger partial charge in [0.15, 0.2) is 0 Å². The van der Waals surface area contributed by atoms with Crippen LogP contribution in [0.15, 0.2) is 47.3 Å². The molecular weight excluding hydrogens is 677 g/mol. The van der Waals surface area contributed by atoms with Crippen LogP contribution in [0.1, 0.15) is 31.2 Å². The molecule has 0 aliphatic carbocycles. The SMILES string of the molecule is COc1cc(N2CCC(N3CCC4C3CCN4C)CC2)c(C)cc1Nc1ncc(Br)c(Nc2ccc3nccnc3c2P(C)(C)=O)n1. The van der Waals surface area contributed by atoms with E-state index in [0.717, 1.165) is 36.6 Å². The van der Waals surface area contributed by atoms with E-state index in [-0.39, 0.29) is 0 Å². The highest BCUT2D eigenvalue weighted by Gasteiger charge is 2.43. The highest BCUT2D eigenvalue weighted by atomic mass is 79.9. The maximum absolute atomic E-state index is 13.4. The molecule has 11 nitrogen and oxygen atoms in total. The number of rotatable bonds is 8. The monoisotopic (exact) mass is 719 g/mol. The molecular formula is C34H43BrN9O2P. The topological polar surface area (TPSA) is 112 Å². The Labute approximate surface area is 285 Å². The van der Waals surface area contributed by atoms with Crippen molar-refractivity contribution in [2.24, 2.45) is 0 Å². The van der Waals surface area contributed by atoms with E-state index >= 15 is 0 Å². The van der Waals surface area contributed by atoms with Gasteiger partial charge in [0.1, 0.15) is 24.2 Å². The molecule has 3 aliphatic rings. The summed E-state index contributed by atoms with van der Waals surface area (Å²) in [5.41, 5.74) is 5.14. The van der Waals surface area contributed by atoms with Crippen molar-refractivity contribution in [2.75, 3.05) is 69.2 Å². The lowest BCUT2D eigenvalue weighted by Gasteiger charge is -2.40. The van der Waals surface area contributed by atoms with Gasteiger partial charge in [-0.15, -0.1) is 0 Å². The second-order valence-electron chi connectivity index (χ2n) is 13.4. The Balaban J connectivity index is 1.08. The number of fused-ring (bicyclic) bond motifs is 2. The van der Waals surface area contributed by atoms with E-state index < -0.39 is 7.14 Å². The minimum absolute atomic E-state index is 0.404. The van der Waals surface area contributed by atoms with Gasteiger partial charge in [0, 0.05) is 68.1 Å². The molecule has 2 unspecified atom stereocenters. The van der Waals surface area contributed by atoms with E-state index in [1.165, 1.54) is 50.0 Å². The highest BCUT2D eigenvalue weighted by molar-refractivity contribution is 9.10. The van der Waals surface area contributed by atoms with Crippen LogP contribution in [-0.4, -0.2) is 102 Å². The van der Waals surface area contributed by atoms with E-state index in [1.54, 1.807) is 39.0 Å². The summed E-state index contributed by atoms with van der Waals surface area (Å²) in [6.45, 7) is 10.2. The molecule has 2 aromatic heterocycles. The summed E-state index contributed by atoms with van der Waals surface area (Å²) in [6.07, 6.45) is 9.95. The fourth-order valence-corrected chi connectivity index (χ4v) is 9.53. The first kappa shape index (κ1) is 32.2. The summed E-state index contributed by atoms with van der Waals surface area (Å²) in [7, 11) is 1.25. The molecule has 3 saturated heterocycles. The average Bonchev–Trinajstić information content (AvgIpc) is 3.65. The van der Waals surface area contributed by atoms with Crippen LogP contribution in [0.25, 0.3) is 11.0 Å². The lowest BCUT2D eigenvalue weighted by atomic mass is 9.99. The van der Waals surface area contributed by atoms with Crippen LogP contribution in [0.3, 0.4) is 0 Å². The molecule has 0 bridgehead atoms. The quantitative estimate of drug-likeness (QED) is 0.210. The predicted molar refractivity (Wildman–Crippen MR) is 194 cm³/mol. The zero-order valence-corrected chi connectivity index (χ0v) is 30.2. The third kappa shape index (κ3) is 6.33. The Bertz CT molecular complexity index is 1840. The predicted octanol–water partition coefficient (Wildman–Crippen LogP) is 5.98. The number of nitrogens with zero attached hydrogens (tertiary/aromatic N) is 7. The fraction of sp³-hybridized carbons (Fsp3) is 0.471. The largest absolute Gasteiger partial charge is 0.494 e. The van der Waals surface area contributed by atoms with E-state index in [2.05, 4.69) is 82.3 Å². The van der Waals surface area contributed by atoms with Crippen molar-refractivity contribution in [3.63, 3.8) is 0 Å². The summed E-state index contributed by atoms with van der Waals surface area (Å²) in [6, 6.07) is 10.2. The van der Waals surface area contributed by atoms with Gasteiger partial charge in [0.2, 0.25) is 5.95 Å². The van der Waals surface area contributed by atoms with Gasteiger partial charge < -0.3 is 29.7 Å². The van der Waals surface area contributed by atoms with Gasteiger partial charge in [0.05, 0.1) is 33.8 Å². The summed E-state index contributed by atoms with van der Waals surface area (Å²) < 4.78 is 20.0. The third-order valence-electron chi connectivity index (χ3n) is 10.1. The number of hydrogen-bond donors (Lipinski definition) is 2. The Hall–Kier alpha value is -3.31. The van der Waals surface area contributed by atoms with Gasteiger partial charge >= 0.3 is 0 Å². The van der Waals surface area contributed by atoms with Crippen LogP contribution >= 0.6 is 23.1 Å². The van der Waals surface area contributed by atoms with Crippen molar-refractivity contribution in [1.29, 1.82) is 0 Å². The number of ether oxygens (including phenoxy) is 1. The number of likely N-dealkylation sites (N-methyl/N-ethyl adjacent to an activating group) is 1. The number of likely N-dealkylation sites (tertiary alicyclic amines) is 2. The highest BCUT2D eigenvalue weighted by Crippen LogP contribution is 2.42. The summed E-state index contributed by atoms with van der Waals surface area (Å²) >= 11 is 3.59. The number of nitrogens with one attached hydrogen (secondary N) is 2. The number of benzene rings is 2. The number of anilines is 5. The smallest absolute Gasteiger partial charge is 0.229 e. The molecule has 248 valence electrons. The molecule has 0 radical (unpaired) electrons. The molecule has 0 saturated carbocycles. The number of methoxy groups -OCH3 is 1. The lowest BCUT2D eigenvalue weighted by Crippen LogP contribution is -2.48. The van der Waals surface area contributed by atoms with Crippen molar-refractivity contribution in [3.05, 3.63) is 52.9 Å². The Kier molecular flexibility index (Phi) is 8.89. The van der Waals surface area contributed by atoms with Crippen molar-refractivity contribution in [3.8, 4) is 5.75 Å². The minimum atomic E-state index is -2.73. The molecule has 0 spiro atoms. The zero-order valence-electron chi connectivity index (χ0n) is 27.7. The molecule has 2 aromatic carbocycles. The standard InChI is InChI=1S/C34H43BrN9O2P/c1-21-18-26(30(46-3)19-29(21)43-15-8-22(9-16-43)44-17-11-27-28(44)10-14-42(27)2)40-34-38-20-23(35)33(41-34)39-25-7-6-24-31(37-13-12-36-24)32(25)47(4,5)45/h6-7,12-13,18-20,22,27-28H,8-11,14-17H2,1-5H3,(H2,38,39,40,41). The Morgan fingerprint density at radius 3 is 2.47 bits per heavy atom. The van der Waals surface area contributed by atoms with Gasteiger partial charge in [-0.2, -0.15) is 4.98 Å². The van der Waals surface area contributed by atoms with Gasteiger partial charge in [-0.05, 0) is 99.2 Å². The van der Waals surface area contributed by atoms with E-state index in [9.17, 15) is 4.57 Å². The zero-order chi connectivity index (χ0) is 32.9. The average molecular weight is 721 g/mol. The van der Waals surface area contributed by atoms with Gasteiger partial charge in [-0.1, -0.05) is 0 Å². The molecule has 47 heavy (non-hydrogen) atoms. The number of hydrogen-bond acceptors (Lipinski definition) is 11. The molecule has 5 heterocycles. The molecule has 3 fully saturated rings. The Morgan fingerprint density at radius 1 is 0.936 bits per heavy atom. The number of aryl methyl sites for hydroxylation is 1. The molecule has 4 aromatic rings. The van der Waals surface area contributed by atoms with Crippen molar-refractivity contribution in [2.45, 2.75) is 50.7 Å². The number of piperidine rings is 1. The van der Waals surface area contributed by atoms with Gasteiger partial charge in [0.25, 0.3) is 0 Å². The molecule has 2 N–H and O–H groups in total. The van der Waals surface area contributed by atoms with Crippen molar-refractivity contribution >= 4 is 68.2 Å². The molecule has 2 atom stereocenters. The molecule has 0 amide bonds. The number of aromatic nitrogens is 4. The maximum Gasteiger partial charge on any atom is 0.229 e. The molecule has 7 rings (SSSR count). The van der Waals surface area contributed by atoms with E-state index in [1.807, 2.05) is 12.1 Å². The van der Waals surface area contributed by atoms with Crippen molar-refractivity contribution < 1.29 is 9.30 Å². The van der Waals surface area contributed by atoms with Crippen molar-refractivity contribution in [1.82, 2.24) is 29.7 Å². The van der Waals surface area contributed by atoms with Gasteiger partial charge in [-0.3, -0.25) is 14.9 Å². The van der Waals surface area contributed by atoms with Gasteiger partial charge in [-0.25, -0.2) is 4.98 Å². The van der Waals surface area contributed by atoms with Crippen LogP contribution in [0.5, 0.6) is 5.75 Å². The third-order valence-corrected chi connectivity index (χ3v) is 12.2.